The average molecular weight is 506 g/mol. The lowest BCUT2D eigenvalue weighted by molar-refractivity contribution is -0.199. The number of hydrogen-bond donors (Lipinski definition) is 2. The van der Waals surface area contributed by atoms with Crippen molar-refractivity contribution < 1.29 is 43.1 Å². The molecule has 1 heterocycles. The van der Waals surface area contributed by atoms with Crippen LogP contribution in [-0.2, 0) is 44.9 Å². The Morgan fingerprint density at radius 3 is 2.19 bits per heavy atom. The van der Waals surface area contributed by atoms with Crippen molar-refractivity contribution in [2.75, 3.05) is 0 Å². The van der Waals surface area contributed by atoms with Crippen molar-refractivity contribution in [1.29, 1.82) is 0 Å². The number of nitrogens with one attached hydrogen (secondary N) is 2. The fourth-order valence-corrected chi connectivity index (χ4v) is 2.98. The third kappa shape index (κ3) is 9.35. The van der Waals surface area contributed by atoms with Gasteiger partial charge in [-0.1, -0.05) is 30.3 Å². The smallest absolute Gasteiger partial charge is 0.408 e. The fraction of sp³-hybridized carbons (Fsp3) is 0.500. The lowest BCUT2D eigenvalue weighted by atomic mass is 10.1. The molecule has 12 heteroatoms. The molecular weight excluding hydrogens is 474 g/mol. The molecule has 0 aliphatic carbocycles. The van der Waals surface area contributed by atoms with Gasteiger partial charge in [0.15, 0.2) is 0 Å². The van der Waals surface area contributed by atoms with Gasteiger partial charge in [0, 0.05) is 19.3 Å². The highest BCUT2D eigenvalue weighted by Crippen LogP contribution is 2.14. The molecule has 1 aliphatic heterocycles. The molecule has 196 valence electrons. The summed E-state index contributed by atoms with van der Waals surface area (Å²) in [5.74, 6) is -3.92. The predicted octanol–water partition coefficient (Wildman–Crippen LogP) is 1.52. The van der Waals surface area contributed by atoms with Crippen molar-refractivity contribution in [3.05, 3.63) is 35.9 Å². The number of hydroxylamine groups is 2. The molecule has 0 spiro atoms. The third-order valence-electron chi connectivity index (χ3n) is 4.79. The standard InChI is InChI=1S/C24H31N3O9/c1-15(25-23(33)35-24(2,3)4)21(31)26-17(22(32)36-27-18(28)11-12-19(27)29)10-13-20(30)34-14-16-8-6-5-7-9-16/h5-9,15,17H,10-14H2,1-4H3,(H,25,33)(H,26,31)/t15-,17-/m0/s1. The number of esters is 1. The van der Waals surface area contributed by atoms with Crippen LogP contribution in [0.2, 0.25) is 0 Å². The first-order valence-electron chi connectivity index (χ1n) is 11.4. The number of nitrogens with zero attached hydrogens (tertiary/aromatic N) is 1. The van der Waals surface area contributed by atoms with E-state index in [1.165, 1.54) is 6.92 Å². The SMILES string of the molecule is C[C@H](NC(=O)OC(C)(C)C)C(=O)N[C@@H](CCC(=O)OCc1ccccc1)C(=O)ON1C(=O)CCC1=O. The van der Waals surface area contributed by atoms with Crippen LogP contribution in [0.3, 0.4) is 0 Å². The number of rotatable bonds is 10. The van der Waals surface area contributed by atoms with Crippen LogP contribution in [0.15, 0.2) is 30.3 Å². The van der Waals surface area contributed by atoms with Crippen LogP contribution in [-0.4, -0.2) is 58.5 Å². The molecule has 1 aromatic rings. The molecule has 1 aromatic carbocycles. The number of benzene rings is 1. The van der Waals surface area contributed by atoms with Gasteiger partial charge in [-0.2, -0.15) is 0 Å². The highest BCUT2D eigenvalue weighted by Gasteiger charge is 2.36. The van der Waals surface area contributed by atoms with Crippen LogP contribution in [0, 0.1) is 0 Å². The molecule has 12 nitrogen and oxygen atoms in total. The van der Waals surface area contributed by atoms with Gasteiger partial charge >= 0.3 is 18.0 Å². The van der Waals surface area contributed by atoms with E-state index in [9.17, 15) is 28.8 Å². The predicted molar refractivity (Wildman–Crippen MR) is 123 cm³/mol. The van der Waals surface area contributed by atoms with Crippen LogP contribution in [0.25, 0.3) is 0 Å². The zero-order valence-corrected chi connectivity index (χ0v) is 20.7. The summed E-state index contributed by atoms with van der Waals surface area (Å²) < 4.78 is 10.3. The number of hydrogen-bond acceptors (Lipinski definition) is 9. The van der Waals surface area contributed by atoms with E-state index in [-0.39, 0.29) is 32.3 Å². The Morgan fingerprint density at radius 2 is 1.61 bits per heavy atom. The van der Waals surface area contributed by atoms with E-state index in [0.29, 0.717) is 5.06 Å². The summed E-state index contributed by atoms with van der Waals surface area (Å²) in [7, 11) is 0. The van der Waals surface area contributed by atoms with Gasteiger partial charge in [-0.3, -0.25) is 19.2 Å². The van der Waals surface area contributed by atoms with Gasteiger partial charge in [0.25, 0.3) is 11.8 Å². The second kappa shape index (κ2) is 12.7. The molecular formula is C24H31N3O9. The second-order valence-corrected chi connectivity index (χ2v) is 9.11. The minimum atomic E-state index is -1.41. The number of carbonyl (C=O) groups is 6. The average Bonchev–Trinajstić information content (AvgIpc) is 3.11. The molecule has 36 heavy (non-hydrogen) atoms. The van der Waals surface area contributed by atoms with Crippen molar-refractivity contribution in [2.24, 2.45) is 0 Å². The summed E-state index contributed by atoms with van der Waals surface area (Å²) >= 11 is 0. The topological polar surface area (TPSA) is 157 Å². The summed E-state index contributed by atoms with van der Waals surface area (Å²) in [6, 6.07) is 6.42. The minimum absolute atomic E-state index is 0.0226. The zero-order valence-electron chi connectivity index (χ0n) is 20.7. The van der Waals surface area contributed by atoms with Crippen molar-refractivity contribution in [3.63, 3.8) is 0 Å². The summed E-state index contributed by atoms with van der Waals surface area (Å²) in [5, 5.41) is 5.06. The Balaban J connectivity index is 2.00. The van der Waals surface area contributed by atoms with E-state index in [1.54, 1.807) is 45.0 Å². The number of carbonyl (C=O) groups excluding carboxylic acids is 6. The van der Waals surface area contributed by atoms with Gasteiger partial charge in [0.05, 0.1) is 0 Å². The van der Waals surface area contributed by atoms with Gasteiger partial charge in [-0.25, -0.2) is 9.59 Å². The second-order valence-electron chi connectivity index (χ2n) is 9.11. The van der Waals surface area contributed by atoms with E-state index in [4.69, 9.17) is 14.3 Å². The van der Waals surface area contributed by atoms with E-state index < -0.39 is 53.4 Å². The number of amides is 4. The molecule has 2 N–H and O–H groups in total. The van der Waals surface area contributed by atoms with Crippen LogP contribution in [0.5, 0.6) is 0 Å². The highest BCUT2D eigenvalue weighted by atomic mass is 16.7. The van der Waals surface area contributed by atoms with Gasteiger partial charge in [-0.05, 0) is 39.7 Å². The fourth-order valence-electron chi connectivity index (χ4n) is 2.98. The summed E-state index contributed by atoms with van der Waals surface area (Å²) in [6.07, 6.45) is -1.57. The van der Waals surface area contributed by atoms with Crippen molar-refractivity contribution in [1.82, 2.24) is 15.7 Å². The first kappa shape index (κ1) is 28.3. The largest absolute Gasteiger partial charge is 0.461 e. The molecule has 1 aliphatic rings. The lowest BCUT2D eigenvalue weighted by Gasteiger charge is -2.23. The molecule has 1 fully saturated rings. The summed E-state index contributed by atoms with van der Waals surface area (Å²) in [4.78, 5) is 78.0. The lowest BCUT2D eigenvalue weighted by Crippen LogP contribution is -2.52. The molecule has 2 atom stereocenters. The normalized spacial score (nSPS) is 15.1. The Morgan fingerprint density at radius 1 is 1.00 bits per heavy atom. The maximum absolute atomic E-state index is 12.7. The monoisotopic (exact) mass is 505 g/mol. The van der Waals surface area contributed by atoms with Crippen LogP contribution >= 0.6 is 0 Å². The summed E-state index contributed by atoms with van der Waals surface area (Å²) in [6.45, 7) is 6.35. The summed E-state index contributed by atoms with van der Waals surface area (Å²) in [5.41, 5.74) is -0.0233. The van der Waals surface area contributed by atoms with Crippen LogP contribution < -0.4 is 10.6 Å². The quantitative estimate of drug-likeness (QED) is 0.355. The van der Waals surface area contributed by atoms with E-state index in [0.717, 1.165) is 5.56 Å². The Bertz CT molecular complexity index is 972. The van der Waals surface area contributed by atoms with Crippen molar-refractivity contribution >= 4 is 35.8 Å². The maximum Gasteiger partial charge on any atom is 0.408 e. The third-order valence-corrected chi connectivity index (χ3v) is 4.79. The minimum Gasteiger partial charge on any atom is -0.461 e. The van der Waals surface area contributed by atoms with Gasteiger partial charge in [0.1, 0.15) is 24.3 Å². The molecule has 0 saturated carbocycles. The van der Waals surface area contributed by atoms with E-state index in [2.05, 4.69) is 10.6 Å². The number of ether oxygens (including phenoxy) is 2. The number of imide groups is 1. The first-order chi connectivity index (χ1) is 16.9. The molecule has 0 aromatic heterocycles. The molecule has 0 bridgehead atoms. The molecule has 4 amide bonds. The van der Waals surface area contributed by atoms with E-state index >= 15 is 0 Å². The zero-order chi connectivity index (χ0) is 26.9. The number of alkyl carbamates (subject to hydrolysis) is 1. The van der Waals surface area contributed by atoms with Gasteiger partial charge in [-0.15, -0.1) is 5.06 Å². The Hall–Kier alpha value is -3.96. The van der Waals surface area contributed by atoms with Crippen LogP contribution in [0.4, 0.5) is 4.79 Å². The van der Waals surface area contributed by atoms with Crippen LogP contribution in [0.1, 0.15) is 58.9 Å². The molecule has 2 rings (SSSR count). The highest BCUT2D eigenvalue weighted by molar-refractivity contribution is 6.02. The Labute approximate surface area is 208 Å². The van der Waals surface area contributed by atoms with Crippen molar-refractivity contribution in [2.45, 2.75) is 77.7 Å². The molecule has 0 unspecified atom stereocenters. The first-order valence-corrected chi connectivity index (χ1v) is 11.4. The molecule has 1 saturated heterocycles. The maximum atomic E-state index is 12.7. The van der Waals surface area contributed by atoms with Crippen molar-refractivity contribution in [3.8, 4) is 0 Å². The van der Waals surface area contributed by atoms with E-state index in [1.807, 2.05) is 6.07 Å². The van der Waals surface area contributed by atoms with Gasteiger partial charge in [0.2, 0.25) is 5.91 Å². The molecule has 0 radical (unpaired) electrons. The Kier molecular flexibility index (Phi) is 9.94. The van der Waals surface area contributed by atoms with Gasteiger partial charge < -0.3 is 24.9 Å².